The van der Waals surface area contributed by atoms with Gasteiger partial charge in [-0.1, -0.05) is 24.3 Å². The third-order valence-corrected chi connectivity index (χ3v) is 6.40. The number of aryl methyl sites for hydroxylation is 3. The van der Waals surface area contributed by atoms with E-state index in [0.29, 0.717) is 24.4 Å². The maximum atomic E-state index is 13.0. The van der Waals surface area contributed by atoms with Gasteiger partial charge in [0, 0.05) is 17.8 Å². The fraction of sp³-hybridized carbons (Fsp3) is 0.240. The second-order valence-electron chi connectivity index (χ2n) is 7.73. The van der Waals surface area contributed by atoms with Crippen LogP contribution in [-0.4, -0.2) is 20.9 Å². The zero-order valence-electron chi connectivity index (χ0n) is 18.7. The molecule has 0 bridgehead atoms. The van der Waals surface area contributed by atoms with E-state index in [-0.39, 0.29) is 16.4 Å². The van der Waals surface area contributed by atoms with Gasteiger partial charge in [0.15, 0.2) is 0 Å². The monoisotopic (exact) mass is 452 g/mol. The van der Waals surface area contributed by atoms with Crippen molar-refractivity contribution in [2.45, 2.75) is 39.1 Å². The molecule has 7 heteroatoms. The SMILES string of the molecule is CCOc1cccc(CNC(=O)c2ccc(C)c(S(=O)(=O)Nc3cc(C)cc(C)c3)c2)c1. The first-order valence-electron chi connectivity index (χ1n) is 10.4. The predicted octanol–water partition coefficient (Wildman–Crippen LogP) is 4.74. The van der Waals surface area contributed by atoms with Gasteiger partial charge in [0.1, 0.15) is 5.75 Å². The maximum absolute atomic E-state index is 13.0. The lowest BCUT2D eigenvalue weighted by atomic mass is 10.1. The first kappa shape index (κ1) is 23.3. The molecule has 0 aliphatic carbocycles. The average Bonchev–Trinajstić information content (AvgIpc) is 2.71. The zero-order valence-corrected chi connectivity index (χ0v) is 19.5. The van der Waals surface area contributed by atoms with Gasteiger partial charge < -0.3 is 10.1 Å². The van der Waals surface area contributed by atoms with Crippen LogP contribution in [0.5, 0.6) is 5.75 Å². The number of ether oxygens (including phenoxy) is 1. The van der Waals surface area contributed by atoms with Crippen molar-refractivity contribution in [1.29, 1.82) is 0 Å². The molecule has 0 saturated heterocycles. The van der Waals surface area contributed by atoms with Crippen molar-refractivity contribution >= 4 is 21.6 Å². The van der Waals surface area contributed by atoms with Crippen LogP contribution in [0.25, 0.3) is 0 Å². The Morgan fingerprint density at radius 2 is 1.66 bits per heavy atom. The summed E-state index contributed by atoms with van der Waals surface area (Å²) < 4.78 is 34.2. The average molecular weight is 453 g/mol. The highest BCUT2D eigenvalue weighted by molar-refractivity contribution is 7.92. The number of hydrogen-bond donors (Lipinski definition) is 2. The molecule has 1 amide bonds. The van der Waals surface area contributed by atoms with Gasteiger partial charge in [0.25, 0.3) is 15.9 Å². The summed E-state index contributed by atoms with van der Waals surface area (Å²) >= 11 is 0. The van der Waals surface area contributed by atoms with Crippen LogP contribution in [0, 0.1) is 20.8 Å². The van der Waals surface area contributed by atoms with Gasteiger partial charge in [-0.15, -0.1) is 0 Å². The Labute approximate surface area is 189 Å². The molecule has 0 aromatic heterocycles. The molecule has 168 valence electrons. The molecule has 3 aromatic carbocycles. The van der Waals surface area contributed by atoms with Crippen molar-refractivity contribution in [1.82, 2.24) is 5.32 Å². The summed E-state index contributed by atoms with van der Waals surface area (Å²) in [5.74, 6) is 0.384. The van der Waals surface area contributed by atoms with Gasteiger partial charge >= 0.3 is 0 Å². The van der Waals surface area contributed by atoms with E-state index in [1.807, 2.05) is 51.1 Å². The Hall–Kier alpha value is -3.32. The highest BCUT2D eigenvalue weighted by atomic mass is 32.2. The number of anilines is 1. The molecule has 0 aliphatic heterocycles. The van der Waals surface area contributed by atoms with Crippen LogP contribution in [0.15, 0.2) is 65.6 Å². The fourth-order valence-electron chi connectivity index (χ4n) is 3.47. The van der Waals surface area contributed by atoms with E-state index in [1.165, 1.54) is 6.07 Å². The van der Waals surface area contributed by atoms with E-state index in [1.54, 1.807) is 31.2 Å². The summed E-state index contributed by atoms with van der Waals surface area (Å²) in [5, 5.41) is 2.84. The van der Waals surface area contributed by atoms with Crippen LogP contribution in [0.3, 0.4) is 0 Å². The van der Waals surface area contributed by atoms with Gasteiger partial charge in [0.2, 0.25) is 0 Å². The molecule has 0 aliphatic rings. The molecule has 0 unspecified atom stereocenters. The highest BCUT2D eigenvalue weighted by Crippen LogP contribution is 2.22. The summed E-state index contributed by atoms with van der Waals surface area (Å²) in [4.78, 5) is 12.8. The Balaban J connectivity index is 1.78. The second-order valence-corrected chi connectivity index (χ2v) is 9.38. The largest absolute Gasteiger partial charge is 0.494 e. The summed E-state index contributed by atoms with van der Waals surface area (Å²) in [6.07, 6.45) is 0. The molecule has 0 spiro atoms. The molecule has 0 atom stereocenters. The molecular formula is C25H28N2O4S. The van der Waals surface area contributed by atoms with Crippen molar-refractivity contribution in [2.24, 2.45) is 0 Å². The van der Waals surface area contributed by atoms with Gasteiger partial charge in [0.05, 0.1) is 11.5 Å². The topological polar surface area (TPSA) is 84.5 Å². The number of rotatable bonds is 8. The van der Waals surface area contributed by atoms with Crippen LogP contribution >= 0.6 is 0 Å². The van der Waals surface area contributed by atoms with Crippen molar-refractivity contribution in [2.75, 3.05) is 11.3 Å². The van der Waals surface area contributed by atoms with E-state index in [9.17, 15) is 13.2 Å². The highest BCUT2D eigenvalue weighted by Gasteiger charge is 2.19. The fourth-order valence-corrected chi connectivity index (χ4v) is 4.78. The molecule has 6 nitrogen and oxygen atoms in total. The Morgan fingerprint density at radius 3 is 2.34 bits per heavy atom. The molecule has 32 heavy (non-hydrogen) atoms. The molecular weight excluding hydrogens is 424 g/mol. The minimum absolute atomic E-state index is 0.0719. The van der Waals surface area contributed by atoms with Crippen LogP contribution < -0.4 is 14.8 Å². The van der Waals surface area contributed by atoms with Crippen LogP contribution in [0.2, 0.25) is 0 Å². The van der Waals surface area contributed by atoms with Crippen molar-refractivity contribution < 1.29 is 17.9 Å². The number of carbonyl (C=O) groups is 1. The summed E-state index contributed by atoms with van der Waals surface area (Å²) in [7, 11) is -3.86. The number of benzene rings is 3. The summed E-state index contributed by atoms with van der Waals surface area (Å²) in [6, 6.07) is 17.7. The molecule has 0 heterocycles. The Bertz CT molecular complexity index is 1220. The molecule has 0 fully saturated rings. The minimum atomic E-state index is -3.86. The predicted molar refractivity (Wildman–Crippen MR) is 127 cm³/mol. The Kier molecular flexibility index (Phi) is 7.20. The summed E-state index contributed by atoms with van der Waals surface area (Å²) in [6.45, 7) is 8.29. The molecule has 0 radical (unpaired) electrons. The Morgan fingerprint density at radius 1 is 0.938 bits per heavy atom. The number of hydrogen-bond acceptors (Lipinski definition) is 4. The smallest absolute Gasteiger partial charge is 0.262 e. The third kappa shape index (κ3) is 5.88. The van der Waals surface area contributed by atoms with E-state index in [4.69, 9.17) is 4.74 Å². The number of carbonyl (C=O) groups excluding carboxylic acids is 1. The van der Waals surface area contributed by atoms with Crippen molar-refractivity contribution in [3.63, 3.8) is 0 Å². The molecule has 3 rings (SSSR count). The van der Waals surface area contributed by atoms with Gasteiger partial charge in [-0.3, -0.25) is 9.52 Å². The maximum Gasteiger partial charge on any atom is 0.262 e. The molecule has 3 aromatic rings. The lowest BCUT2D eigenvalue weighted by Crippen LogP contribution is -2.23. The van der Waals surface area contributed by atoms with Gasteiger partial charge in [-0.2, -0.15) is 0 Å². The zero-order chi connectivity index (χ0) is 23.3. The first-order chi connectivity index (χ1) is 15.2. The van der Waals surface area contributed by atoms with Gasteiger partial charge in [-0.05, 0) is 86.3 Å². The van der Waals surface area contributed by atoms with E-state index < -0.39 is 10.0 Å². The van der Waals surface area contributed by atoms with Crippen molar-refractivity contribution in [3.8, 4) is 5.75 Å². The normalized spacial score (nSPS) is 11.1. The minimum Gasteiger partial charge on any atom is -0.494 e. The van der Waals surface area contributed by atoms with Crippen LogP contribution in [-0.2, 0) is 16.6 Å². The lowest BCUT2D eigenvalue weighted by molar-refractivity contribution is 0.0950. The number of sulfonamides is 1. The van der Waals surface area contributed by atoms with Gasteiger partial charge in [-0.25, -0.2) is 8.42 Å². The van der Waals surface area contributed by atoms with Crippen LogP contribution in [0.1, 0.15) is 39.5 Å². The van der Waals surface area contributed by atoms with Crippen molar-refractivity contribution in [3.05, 3.63) is 88.5 Å². The third-order valence-electron chi connectivity index (χ3n) is 4.88. The lowest BCUT2D eigenvalue weighted by Gasteiger charge is -2.13. The van der Waals surface area contributed by atoms with E-state index >= 15 is 0 Å². The summed E-state index contributed by atoms with van der Waals surface area (Å²) in [5.41, 5.74) is 4.13. The quantitative estimate of drug-likeness (QED) is 0.517. The second kappa shape index (κ2) is 9.87. The van der Waals surface area contributed by atoms with E-state index in [0.717, 1.165) is 22.4 Å². The molecule has 2 N–H and O–H groups in total. The first-order valence-corrected chi connectivity index (χ1v) is 11.9. The standard InChI is InChI=1S/C25H28N2O4S/c1-5-31-23-8-6-7-20(14-23)16-26-25(28)21-10-9-19(4)24(15-21)32(29,30)27-22-12-17(2)11-18(3)13-22/h6-15,27H,5,16H2,1-4H3,(H,26,28). The van der Waals surface area contributed by atoms with Crippen LogP contribution in [0.4, 0.5) is 5.69 Å². The molecule has 0 saturated carbocycles. The number of nitrogens with one attached hydrogen (secondary N) is 2. The van der Waals surface area contributed by atoms with E-state index in [2.05, 4.69) is 10.0 Å². The number of amides is 1.